The number of carbonyl (C=O) groups is 1. The summed E-state index contributed by atoms with van der Waals surface area (Å²) in [5.74, 6) is 0.0461. The van der Waals surface area contributed by atoms with Gasteiger partial charge in [0.2, 0.25) is 0 Å². The number of rotatable bonds is 7. The third kappa shape index (κ3) is 5.59. The molecule has 0 fully saturated rings. The summed E-state index contributed by atoms with van der Waals surface area (Å²) in [7, 11) is 0. The first-order chi connectivity index (χ1) is 15.8. The van der Waals surface area contributed by atoms with E-state index < -0.39 is 4.92 Å². The van der Waals surface area contributed by atoms with Crippen molar-refractivity contribution < 1.29 is 9.72 Å². The van der Waals surface area contributed by atoms with Crippen molar-refractivity contribution in [2.24, 2.45) is 0 Å². The zero-order valence-electron chi connectivity index (χ0n) is 16.8. The van der Waals surface area contributed by atoms with E-state index in [2.05, 4.69) is 31.4 Å². The topological polar surface area (TPSA) is 108 Å². The van der Waals surface area contributed by atoms with Gasteiger partial charge in [0.1, 0.15) is 12.4 Å². The molecule has 0 spiro atoms. The summed E-state index contributed by atoms with van der Waals surface area (Å²) in [4.78, 5) is 22.9. The van der Waals surface area contributed by atoms with Gasteiger partial charge in [0.25, 0.3) is 5.91 Å². The molecule has 0 unspecified atom stereocenters. The average molecular weight is 550 g/mol. The van der Waals surface area contributed by atoms with Crippen LogP contribution in [0.5, 0.6) is 0 Å². The maximum Gasteiger partial charge on any atom is 0.307 e. The highest BCUT2D eigenvalue weighted by Gasteiger charge is 2.14. The van der Waals surface area contributed by atoms with Crippen LogP contribution in [0.2, 0.25) is 10.0 Å². The van der Waals surface area contributed by atoms with Crippen LogP contribution < -0.4 is 5.32 Å². The fraction of sp³-hybridized carbons (Fsp3) is 0.0952. The summed E-state index contributed by atoms with van der Waals surface area (Å²) < 4.78 is 3.74. The van der Waals surface area contributed by atoms with E-state index in [9.17, 15) is 14.9 Å². The molecule has 33 heavy (non-hydrogen) atoms. The van der Waals surface area contributed by atoms with Crippen LogP contribution in [0, 0.1) is 10.1 Å². The van der Waals surface area contributed by atoms with Gasteiger partial charge in [-0.05, 0) is 51.3 Å². The van der Waals surface area contributed by atoms with Crippen LogP contribution in [-0.4, -0.2) is 30.4 Å². The number of hydrogen-bond donors (Lipinski definition) is 1. The van der Waals surface area contributed by atoms with E-state index in [1.54, 1.807) is 47.3 Å². The molecule has 0 atom stereocenters. The number of hydrogen-bond acceptors (Lipinski definition) is 5. The Balaban J connectivity index is 1.41. The predicted octanol–water partition coefficient (Wildman–Crippen LogP) is 5.41. The molecule has 2 aromatic heterocycles. The predicted molar refractivity (Wildman–Crippen MR) is 128 cm³/mol. The van der Waals surface area contributed by atoms with Crippen LogP contribution in [-0.2, 0) is 13.1 Å². The number of nitro groups is 1. The summed E-state index contributed by atoms with van der Waals surface area (Å²) in [5, 5.41) is 23.0. The number of benzene rings is 2. The first-order valence-electron chi connectivity index (χ1n) is 9.52. The second kappa shape index (κ2) is 9.74. The smallest absolute Gasteiger partial charge is 0.304 e. The minimum Gasteiger partial charge on any atom is -0.304 e. The van der Waals surface area contributed by atoms with Gasteiger partial charge in [0, 0.05) is 21.8 Å². The molecule has 0 saturated carbocycles. The first kappa shape index (κ1) is 23.0. The zero-order valence-corrected chi connectivity index (χ0v) is 19.9. The van der Waals surface area contributed by atoms with Crippen molar-refractivity contribution in [3.63, 3.8) is 0 Å². The van der Waals surface area contributed by atoms with E-state index >= 15 is 0 Å². The lowest BCUT2D eigenvalue weighted by Crippen LogP contribution is -2.13. The Morgan fingerprint density at radius 1 is 1.09 bits per heavy atom. The maximum atomic E-state index is 12.7. The molecule has 12 heteroatoms. The standard InChI is InChI=1S/C21H15BrCl2N6O3/c22-18-12-29(10-15-5-6-16(23)7-19(15)24)27-20(18)26-21(31)14-3-1-13(2-4-14)9-28-11-17(8-25-28)30(32)33/h1-8,11-12H,9-10H2,(H,26,27,31). The highest BCUT2D eigenvalue weighted by Crippen LogP contribution is 2.25. The molecule has 2 heterocycles. The van der Waals surface area contributed by atoms with Gasteiger partial charge in [-0.2, -0.15) is 10.2 Å². The number of nitrogens with zero attached hydrogens (tertiary/aromatic N) is 5. The van der Waals surface area contributed by atoms with E-state index in [1.807, 2.05) is 6.07 Å². The number of halogens is 3. The number of nitrogens with one attached hydrogen (secondary N) is 1. The molecule has 0 aliphatic rings. The molecule has 1 N–H and O–H groups in total. The highest BCUT2D eigenvalue weighted by molar-refractivity contribution is 9.10. The van der Waals surface area contributed by atoms with Crippen LogP contribution in [0.4, 0.5) is 11.5 Å². The first-order valence-corrected chi connectivity index (χ1v) is 11.1. The van der Waals surface area contributed by atoms with E-state index in [0.717, 1.165) is 11.1 Å². The Hall–Kier alpha value is -3.21. The van der Waals surface area contributed by atoms with Gasteiger partial charge in [-0.1, -0.05) is 41.4 Å². The lowest BCUT2D eigenvalue weighted by molar-refractivity contribution is -0.385. The van der Waals surface area contributed by atoms with Crippen molar-refractivity contribution in [3.8, 4) is 0 Å². The molecular formula is C21H15BrCl2N6O3. The van der Waals surface area contributed by atoms with Crippen LogP contribution in [0.15, 0.2) is 65.5 Å². The Labute approximate surface area is 206 Å². The van der Waals surface area contributed by atoms with E-state index in [4.69, 9.17) is 23.2 Å². The van der Waals surface area contributed by atoms with Crippen LogP contribution in [0.25, 0.3) is 0 Å². The minimum atomic E-state index is -0.500. The minimum absolute atomic E-state index is 0.0747. The van der Waals surface area contributed by atoms with Crippen molar-refractivity contribution in [2.45, 2.75) is 13.1 Å². The Kier molecular flexibility index (Phi) is 6.77. The molecule has 0 aliphatic carbocycles. The van der Waals surface area contributed by atoms with E-state index in [1.165, 1.54) is 17.1 Å². The van der Waals surface area contributed by atoms with Gasteiger partial charge in [0.15, 0.2) is 5.82 Å². The lowest BCUT2D eigenvalue weighted by Gasteiger charge is -2.06. The average Bonchev–Trinajstić information content (AvgIpc) is 3.37. The molecule has 2 aromatic carbocycles. The Morgan fingerprint density at radius 3 is 2.52 bits per heavy atom. The quantitative estimate of drug-likeness (QED) is 0.245. The summed E-state index contributed by atoms with van der Waals surface area (Å²) in [6, 6.07) is 12.1. The molecular weight excluding hydrogens is 535 g/mol. The zero-order chi connectivity index (χ0) is 23.5. The van der Waals surface area contributed by atoms with Gasteiger partial charge in [-0.3, -0.25) is 24.3 Å². The van der Waals surface area contributed by atoms with Crippen LogP contribution in [0.3, 0.4) is 0 Å². The summed E-state index contributed by atoms with van der Waals surface area (Å²) in [6.45, 7) is 0.754. The normalized spacial score (nSPS) is 10.9. The molecule has 4 aromatic rings. The van der Waals surface area contributed by atoms with Crippen molar-refractivity contribution in [2.75, 3.05) is 5.32 Å². The number of amides is 1. The van der Waals surface area contributed by atoms with Gasteiger partial charge >= 0.3 is 5.69 Å². The second-order valence-electron chi connectivity index (χ2n) is 7.06. The van der Waals surface area contributed by atoms with E-state index in [0.29, 0.717) is 39.0 Å². The molecule has 0 radical (unpaired) electrons. The fourth-order valence-electron chi connectivity index (χ4n) is 3.05. The van der Waals surface area contributed by atoms with Gasteiger partial charge < -0.3 is 5.32 Å². The maximum absolute atomic E-state index is 12.7. The van der Waals surface area contributed by atoms with Crippen LogP contribution in [0.1, 0.15) is 21.5 Å². The summed E-state index contributed by atoms with van der Waals surface area (Å²) >= 11 is 15.6. The summed E-state index contributed by atoms with van der Waals surface area (Å²) in [6.07, 6.45) is 4.29. The molecule has 1 amide bonds. The van der Waals surface area contributed by atoms with Crippen molar-refractivity contribution in [1.29, 1.82) is 0 Å². The third-order valence-corrected chi connectivity index (χ3v) is 5.85. The molecule has 0 aliphatic heterocycles. The van der Waals surface area contributed by atoms with Crippen molar-refractivity contribution >= 4 is 56.5 Å². The third-order valence-electron chi connectivity index (χ3n) is 4.69. The Bertz CT molecular complexity index is 1340. The highest BCUT2D eigenvalue weighted by atomic mass is 79.9. The number of carbonyl (C=O) groups excluding carboxylic acids is 1. The summed E-state index contributed by atoms with van der Waals surface area (Å²) in [5.41, 5.74) is 2.05. The Morgan fingerprint density at radius 2 is 1.85 bits per heavy atom. The molecule has 168 valence electrons. The fourth-order valence-corrected chi connectivity index (χ4v) is 3.93. The van der Waals surface area contributed by atoms with Crippen LogP contribution >= 0.6 is 39.1 Å². The lowest BCUT2D eigenvalue weighted by atomic mass is 10.1. The SMILES string of the molecule is O=C(Nc1nn(Cc2ccc(Cl)cc2Cl)cc1Br)c1ccc(Cn2cc([N+](=O)[O-])cn2)cc1. The monoisotopic (exact) mass is 548 g/mol. The van der Waals surface area contributed by atoms with E-state index in [-0.39, 0.29) is 11.6 Å². The van der Waals surface area contributed by atoms with Crippen molar-refractivity contribution in [3.05, 3.63) is 102 Å². The van der Waals surface area contributed by atoms with Gasteiger partial charge in [-0.25, -0.2) is 0 Å². The largest absolute Gasteiger partial charge is 0.307 e. The second-order valence-corrected chi connectivity index (χ2v) is 8.76. The van der Waals surface area contributed by atoms with Gasteiger partial charge in [0.05, 0.1) is 22.5 Å². The van der Waals surface area contributed by atoms with Crippen molar-refractivity contribution in [1.82, 2.24) is 19.6 Å². The molecule has 4 rings (SSSR count). The molecule has 0 bridgehead atoms. The number of aromatic nitrogens is 4. The molecule has 0 saturated heterocycles. The van der Waals surface area contributed by atoms with Gasteiger partial charge in [-0.15, -0.1) is 0 Å². The molecule has 9 nitrogen and oxygen atoms in total. The number of anilines is 1.